The molecule has 1 N–H and O–H groups in total. The summed E-state index contributed by atoms with van der Waals surface area (Å²) in [5.74, 6) is 0.758. The van der Waals surface area contributed by atoms with Crippen molar-refractivity contribution in [3.8, 4) is 5.69 Å². The second kappa shape index (κ2) is 7.85. The quantitative estimate of drug-likeness (QED) is 0.739. The van der Waals surface area contributed by atoms with Gasteiger partial charge in [-0.1, -0.05) is 25.1 Å². The molecule has 0 atom stereocenters. The van der Waals surface area contributed by atoms with Crippen molar-refractivity contribution < 1.29 is 4.79 Å². The lowest BCUT2D eigenvalue weighted by Gasteiger charge is -2.27. The molecule has 152 valence electrons. The first-order valence-electron chi connectivity index (χ1n) is 10.4. The molecule has 1 aliphatic carbocycles. The number of hydrogen-bond donors (Lipinski definition) is 1. The number of nitrogens with zero attached hydrogens (tertiary/aromatic N) is 3. The first-order chi connectivity index (χ1) is 14.0. The summed E-state index contributed by atoms with van der Waals surface area (Å²) in [6, 6.07) is 9.65. The predicted molar refractivity (Wildman–Crippen MR) is 114 cm³/mol. The van der Waals surface area contributed by atoms with E-state index in [0.29, 0.717) is 5.39 Å². The van der Waals surface area contributed by atoms with Gasteiger partial charge in [-0.05, 0) is 57.6 Å². The van der Waals surface area contributed by atoms with E-state index in [0.717, 1.165) is 41.2 Å². The van der Waals surface area contributed by atoms with E-state index < -0.39 is 0 Å². The highest BCUT2D eigenvalue weighted by molar-refractivity contribution is 5.88. The number of amides is 1. The van der Waals surface area contributed by atoms with Gasteiger partial charge in [-0.2, -0.15) is 9.78 Å². The number of para-hydroxylation sites is 1. The van der Waals surface area contributed by atoms with Gasteiger partial charge in [0.25, 0.3) is 5.56 Å². The third kappa shape index (κ3) is 3.71. The number of aryl methyl sites for hydroxylation is 2. The molecule has 0 spiro atoms. The van der Waals surface area contributed by atoms with E-state index in [1.807, 2.05) is 48.7 Å². The zero-order valence-corrected chi connectivity index (χ0v) is 17.3. The molecule has 1 fully saturated rings. The lowest BCUT2D eigenvalue weighted by Crippen LogP contribution is -2.39. The van der Waals surface area contributed by atoms with Gasteiger partial charge in [0.2, 0.25) is 5.91 Å². The van der Waals surface area contributed by atoms with Crippen molar-refractivity contribution >= 4 is 16.7 Å². The molecule has 1 aliphatic rings. The van der Waals surface area contributed by atoms with Crippen LogP contribution in [-0.2, 0) is 11.3 Å². The molecule has 4 rings (SSSR count). The van der Waals surface area contributed by atoms with Gasteiger partial charge in [-0.15, -0.1) is 0 Å². The van der Waals surface area contributed by atoms with Gasteiger partial charge in [0.1, 0.15) is 6.54 Å². The van der Waals surface area contributed by atoms with Crippen LogP contribution < -0.4 is 10.9 Å². The standard InChI is InChI=1S/C23H28N4O2/c1-15-9-11-18(12-10-15)25-21(28)14-26-16(2)20-13-24-27(19-7-5-4-6-8-19)23(29)22(20)17(26)3/h4-8,13,15,18H,9-12,14H2,1-3H3,(H,25,28). The summed E-state index contributed by atoms with van der Waals surface area (Å²) in [7, 11) is 0. The summed E-state index contributed by atoms with van der Waals surface area (Å²) < 4.78 is 3.35. The summed E-state index contributed by atoms with van der Waals surface area (Å²) in [5.41, 5.74) is 2.28. The largest absolute Gasteiger partial charge is 0.352 e. The Hall–Kier alpha value is -2.89. The zero-order chi connectivity index (χ0) is 20.5. The van der Waals surface area contributed by atoms with Crippen LogP contribution >= 0.6 is 0 Å². The molecule has 29 heavy (non-hydrogen) atoms. The molecule has 2 heterocycles. The van der Waals surface area contributed by atoms with Crippen LogP contribution in [-0.4, -0.2) is 26.3 Å². The minimum absolute atomic E-state index is 0.00685. The molecule has 1 amide bonds. The summed E-state index contributed by atoms with van der Waals surface area (Å²) >= 11 is 0. The van der Waals surface area contributed by atoms with Crippen molar-refractivity contribution in [2.24, 2.45) is 5.92 Å². The van der Waals surface area contributed by atoms with Crippen LogP contribution in [0.5, 0.6) is 0 Å². The Morgan fingerprint density at radius 1 is 1.10 bits per heavy atom. The maximum absolute atomic E-state index is 13.1. The van der Waals surface area contributed by atoms with Crippen LogP contribution in [0.3, 0.4) is 0 Å². The minimum Gasteiger partial charge on any atom is -0.352 e. The molecule has 2 aromatic heterocycles. The van der Waals surface area contributed by atoms with Crippen LogP contribution in [0.25, 0.3) is 16.5 Å². The van der Waals surface area contributed by atoms with Gasteiger partial charge in [0, 0.05) is 22.8 Å². The van der Waals surface area contributed by atoms with Gasteiger partial charge in [-0.3, -0.25) is 9.59 Å². The van der Waals surface area contributed by atoms with Crippen LogP contribution in [0, 0.1) is 19.8 Å². The predicted octanol–water partition coefficient (Wildman–Crippen LogP) is 3.50. The Balaban J connectivity index is 1.63. The van der Waals surface area contributed by atoms with Crippen LogP contribution in [0.2, 0.25) is 0 Å². The molecule has 6 heteroatoms. The van der Waals surface area contributed by atoms with Crippen molar-refractivity contribution in [3.05, 3.63) is 58.3 Å². The maximum atomic E-state index is 13.1. The summed E-state index contributed by atoms with van der Waals surface area (Å²) in [6.07, 6.45) is 6.15. The normalized spacial score (nSPS) is 19.4. The Labute approximate surface area is 170 Å². The first-order valence-corrected chi connectivity index (χ1v) is 10.4. The van der Waals surface area contributed by atoms with E-state index in [1.54, 1.807) is 6.20 Å². The molecule has 3 aromatic rings. The van der Waals surface area contributed by atoms with Gasteiger partial charge in [-0.25, -0.2) is 0 Å². The molecular formula is C23H28N4O2. The van der Waals surface area contributed by atoms with Gasteiger partial charge < -0.3 is 9.88 Å². The van der Waals surface area contributed by atoms with Crippen LogP contribution in [0.1, 0.15) is 44.0 Å². The van der Waals surface area contributed by atoms with E-state index in [4.69, 9.17) is 0 Å². The SMILES string of the molecule is Cc1c2cnn(-c3ccccc3)c(=O)c2c(C)n1CC(=O)NC1CCC(C)CC1. The summed E-state index contributed by atoms with van der Waals surface area (Å²) in [6.45, 7) is 6.34. The highest BCUT2D eigenvalue weighted by atomic mass is 16.2. The minimum atomic E-state index is -0.158. The third-order valence-electron chi connectivity index (χ3n) is 6.22. The fraction of sp³-hybridized carbons (Fsp3) is 0.435. The molecule has 0 aliphatic heterocycles. The number of nitrogens with one attached hydrogen (secondary N) is 1. The molecular weight excluding hydrogens is 364 g/mol. The number of carbonyl (C=O) groups excluding carboxylic acids is 1. The fourth-order valence-corrected chi connectivity index (χ4v) is 4.42. The summed E-state index contributed by atoms with van der Waals surface area (Å²) in [4.78, 5) is 25.8. The lowest BCUT2D eigenvalue weighted by atomic mass is 9.87. The molecule has 0 bridgehead atoms. The second-order valence-electron chi connectivity index (χ2n) is 8.27. The monoisotopic (exact) mass is 392 g/mol. The van der Waals surface area contributed by atoms with Crippen molar-refractivity contribution in [2.75, 3.05) is 0 Å². The highest BCUT2D eigenvalue weighted by Crippen LogP contribution is 2.24. The van der Waals surface area contributed by atoms with Gasteiger partial charge >= 0.3 is 0 Å². The van der Waals surface area contributed by atoms with E-state index in [-0.39, 0.29) is 24.1 Å². The van der Waals surface area contributed by atoms with Crippen molar-refractivity contribution in [2.45, 2.75) is 59.0 Å². The Bertz CT molecular complexity index is 1090. The van der Waals surface area contributed by atoms with Crippen molar-refractivity contribution in [1.82, 2.24) is 19.7 Å². The number of benzene rings is 1. The molecule has 1 aromatic carbocycles. The Morgan fingerprint density at radius 3 is 2.48 bits per heavy atom. The topological polar surface area (TPSA) is 68.9 Å². The lowest BCUT2D eigenvalue weighted by molar-refractivity contribution is -0.122. The van der Waals surface area contributed by atoms with Gasteiger partial charge in [0.05, 0.1) is 17.3 Å². The number of fused-ring (bicyclic) bond motifs is 1. The summed E-state index contributed by atoms with van der Waals surface area (Å²) in [5, 5.41) is 8.97. The van der Waals surface area contributed by atoms with Crippen LogP contribution in [0.15, 0.2) is 41.3 Å². The zero-order valence-electron chi connectivity index (χ0n) is 17.3. The molecule has 0 saturated heterocycles. The Morgan fingerprint density at radius 2 is 1.79 bits per heavy atom. The van der Waals surface area contributed by atoms with E-state index in [1.165, 1.54) is 17.5 Å². The number of hydrogen-bond acceptors (Lipinski definition) is 3. The third-order valence-corrected chi connectivity index (χ3v) is 6.22. The van der Waals surface area contributed by atoms with E-state index >= 15 is 0 Å². The second-order valence-corrected chi connectivity index (χ2v) is 8.27. The van der Waals surface area contributed by atoms with Crippen molar-refractivity contribution in [3.63, 3.8) is 0 Å². The van der Waals surface area contributed by atoms with E-state index in [9.17, 15) is 9.59 Å². The molecule has 0 radical (unpaired) electrons. The molecule has 1 saturated carbocycles. The van der Waals surface area contributed by atoms with E-state index in [2.05, 4.69) is 17.3 Å². The maximum Gasteiger partial charge on any atom is 0.281 e. The molecule has 6 nitrogen and oxygen atoms in total. The number of rotatable bonds is 4. The smallest absolute Gasteiger partial charge is 0.281 e. The highest BCUT2D eigenvalue weighted by Gasteiger charge is 2.22. The number of aromatic nitrogens is 3. The average molecular weight is 393 g/mol. The number of carbonyl (C=O) groups is 1. The van der Waals surface area contributed by atoms with Crippen LogP contribution in [0.4, 0.5) is 0 Å². The first kappa shape index (κ1) is 19.4. The fourth-order valence-electron chi connectivity index (χ4n) is 4.42. The van der Waals surface area contributed by atoms with Crippen molar-refractivity contribution in [1.29, 1.82) is 0 Å². The van der Waals surface area contributed by atoms with Gasteiger partial charge in [0.15, 0.2) is 0 Å². The average Bonchev–Trinajstić information content (AvgIpc) is 2.96. The Kier molecular flexibility index (Phi) is 5.26. The molecule has 0 unspecified atom stereocenters.